The third kappa shape index (κ3) is 1.57. The molecule has 16 heavy (non-hydrogen) atoms. The molecule has 3 rings (SSSR count). The molecule has 0 N–H and O–H groups in total. The van der Waals surface area contributed by atoms with Crippen LogP contribution in [0.2, 0.25) is 0 Å². The highest BCUT2D eigenvalue weighted by atomic mass is 79.9. The van der Waals surface area contributed by atoms with Crippen molar-refractivity contribution in [2.75, 3.05) is 0 Å². The molecule has 2 heterocycles. The van der Waals surface area contributed by atoms with Gasteiger partial charge >= 0.3 is 0 Å². The highest BCUT2D eigenvalue weighted by molar-refractivity contribution is 9.10. The van der Waals surface area contributed by atoms with Gasteiger partial charge in [-0.05, 0) is 12.1 Å². The highest BCUT2D eigenvalue weighted by Crippen LogP contribution is 2.19. The molecule has 0 saturated carbocycles. The van der Waals surface area contributed by atoms with Crippen LogP contribution in [0, 0.1) is 0 Å². The molecule has 0 bridgehead atoms. The van der Waals surface area contributed by atoms with Crippen molar-refractivity contribution in [3.8, 4) is 11.3 Å². The van der Waals surface area contributed by atoms with Crippen LogP contribution in [0.5, 0.6) is 0 Å². The van der Waals surface area contributed by atoms with Crippen LogP contribution < -0.4 is 0 Å². The lowest BCUT2D eigenvalue weighted by Gasteiger charge is -1.99. The quantitative estimate of drug-likeness (QED) is 0.681. The van der Waals surface area contributed by atoms with Gasteiger partial charge in [-0.1, -0.05) is 28.1 Å². The molecule has 2 aromatic heterocycles. The second-order valence-corrected chi connectivity index (χ2v) is 4.14. The fourth-order valence-corrected chi connectivity index (χ4v) is 1.66. The second kappa shape index (κ2) is 3.64. The zero-order valence-corrected chi connectivity index (χ0v) is 9.66. The Balaban J connectivity index is 2.14. The summed E-state index contributed by atoms with van der Waals surface area (Å²) >= 11 is 3.39. The zero-order valence-electron chi connectivity index (χ0n) is 8.08. The van der Waals surface area contributed by atoms with Crippen LogP contribution in [0.25, 0.3) is 17.0 Å². The Labute approximate surface area is 99.3 Å². The number of rotatable bonds is 1. The van der Waals surface area contributed by atoms with E-state index in [1.54, 1.807) is 6.20 Å². The Hall–Kier alpha value is -1.82. The van der Waals surface area contributed by atoms with E-state index < -0.39 is 0 Å². The average molecular weight is 276 g/mol. The minimum absolute atomic E-state index is 0.500. The van der Waals surface area contributed by atoms with Crippen LogP contribution in [0.3, 0.4) is 0 Å². The fraction of sp³-hybridized carbons (Fsp3) is 0. The van der Waals surface area contributed by atoms with Crippen molar-refractivity contribution in [1.82, 2.24) is 24.8 Å². The number of hydrogen-bond acceptors (Lipinski definition) is 4. The normalized spacial score (nSPS) is 10.8. The number of hydrogen-bond donors (Lipinski definition) is 0. The maximum atomic E-state index is 4.35. The van der Waals surface area contributed by atoms with Gasteiger partial charge in [0.25, 0.3) is 5.78 Å². The Morgan fingerprint density at radius 3 is 2.75 bits per heavy atom. The number of fused-ring (bicyclic) bond motifs is 1. The SMILES string of the molecule is Brc1ccc(-c2cnn3cnnc3n2)cc1. The van der Waals surface area contributed by atoms with E-state index in [-0.39, 0.29) is 0 Å². The van der Waals surface area contributed by atoms with Gasteiger partial charge in [0.2, 0.25) is 0 Å². The lowest BCUT2D eigenvalue weighted by atomic mass is 10.2. The van der Waals surface area contributed by atoms with Crippen LogP contribution in [0.15, 0.2) is 41.3 Å². The van der Waals surface area contributed by atoms with Gasteiger partial charge in [-0.25, -0.2) is 4.98 Å². The van der Waals surface area contributed by atoms with E-state index in [1.807, 2.05) is 24.3 Å². The molecule has 0 radical (unpaired) electrons. The molecular formula is C10H6BrN5. The van der Waals surface area contributed by atoms with Crippen LogP contribution >= 0.6 is 15.9 Å². The largest absolute Gasteiger partial charge is 0.272 e. The summed E-state index contributed by atoms with van der Waals surface area (Å²) in [6.07, 6.45) is 3.22. The van der Waals surface area contributed by atoms with E-state index in [9.17, 15) is 0 Å². The topological polar surface area (TPSA) is 56.0 Å². The molecule has 78 valence electrons. The van der Waals surface area contributed by atoms with Crippen LogP contribution in [-0.4, -0.2) is 24.8 Å². The first-order chi connectivity index (χ1) is 7.83. The van der Waals surface area contributed by atoms with E-state index in [0.29, 0.717) is 5.78 Å². The van der Waals surface area contributed by atoms with Crippen molar-refractivity contribution >= 4 is 21.7 Å². The number of aromatic nitrogens is 5. The predicted octanol–water partition coefficient (Wildman–Crippen LogP) is 1.95. The fourth-order valence-electron chi connectivity index (χ4n) is 1.39. The number of halogens is 1. The summed E-state index contributed by atoms with van der Waals surface area (Å²) in [5.41, 5.74) is 1.79. The molecule has 0 spiro atoms. The molecule has 0 unspecified atom stereocenters. The number of nitrogens with zero attached hydrogens (tertiary/aromatic N) is 5. The maximum Gasteiger partial charge on any atom is 0.272 e. The molecule has 3 aromatic rings. The van der Waals surface area contributed by atoms with E-state index in [4.69, 9.17) is 0 Å². The molecule has 6 heteroatoms. The summed E-state index contributed by atoms with van der Waals surface area (Å²) in [7, 11) is 0. The number of benzene rings is 1. The predicted molar refractivity (Wildman–Crippen MR) is 61.7 cm³/mol. The molecule has 0 aliphatic heterocycles. The molecule has 5 nitrogen and oxygen atoms in total. The Bertz CT molecular complexity index is 631. The lowest BCUT2D eigenvalue weighted by Crippen LogP contribution is -1.95. The van der Waals surface area contributed by atoms with E-state index in [0.717, 1.165) is 15.7 Å². The first kappa shape index (κ1) is 9.41. The molecule has 0 fully saturated rings. The molecule has 0 saturated heterocycles. The van der Waals surface area contributed by atoms with Gasteiger partial charge in [-0.2, -0.15) is 9.61 Å². The smallest absolute Gasteiger partial charge is 0.208 e. The zero-order chi connectivity index (χ0) is 11.0. The summed E-state index contributed by atoms with van der Waals surface area (Å²) in [6.45, 7) is 0. The molecule has 0 aliphatic rings. The van der Waals surface area contributed by atoms with Crippen LogP contribution in [-0.2, 0) is 0 Å². The molecular weight excluding hydrogens is 270 g/mol. The maximum absolute atomic E-state index is 4.35. The minimum Gasteiger partial charge on any atom is -0.208 e. The molecule has 0 atom stereocenters. The van der Waals surface area contributed by atoms with Crippen LogP contribution in [0.4, 0.5) is 0 Å². The second-order valence-electron chi connectivity index (χ2n) is 3.22. The molecule has 1 aromatic carbocycles. The van der Waals surface area contributed by atoms with Gasteiger partial charge in [0.05, 0.1) is 11.9 Å². The molecule has 0 aliphatic carbocycles. The van der Waals surface area contributed by atoms with E-state index >= 15 is 0 Å². The molecule has 0 amide bonds. The summed E-state index contributed by atoms with van der Waals surface area (Å²) in [5.74, 6) is 0.500. The third-order valence-electron chi connectivity index (χ3n) is 2.18. The van der Waals surface area contributed by atoms with Crippen molar-refractivity contribution < 1.29 is 0 Å². The van der Waals surface area contributed by atoms with E-state index in [2.05, 4.69) is 36.2 Å². The van der Waals surface area contributed by atoms with Crippen LogP contribution in [0.1, 0.15) is 0 Å². The summed E-state index contributed by atoms with van der Waals surface area (Å²) in [5, 5.41) is 11.7. The van der Waals surface area contributed by atoms with Crippen molar-refractivity contribution in [2.24, 2.45) is 0 Å². The Morgan fingerprint density at radius 2 is 1.94 bits per heavy atom. The first-order valence-electron chi connectivity index (χ1n) is 4.62. The van der Waals surface area contributed by atoms with Gasteiger partial charge in [0, 0.05) is 10.0 Å². The van der Waals surface area contributed by atoms with Gasteiger partial charge in [-0.15, -0.1) is 10.2 Å². The standard InChI is InChI=1S/C10H6BrN5/c11-8-3-1-7(2-4-8)9-5-13-16-6-12-15-10(16)14-9/h1-6H. The van der Waals surface area contributed by atoms with Gasteiger partial charge in [0.1, 0.15) is 6.33 Å². The summed E-state index contributed by atoms with van der Waals surface area (Å²) in [4.78, 5) is 4.35. The summed E-state index contributed by atoms with van der Waals surface area (Å²) in [6, 6.07) is 7.87. The third-order valence-corrected chi connectivity index (χ3v) is 2.71. The highest BCUT2D eigenvalue weighted by Gasteiger charge is 2.03. The average Bonchev–Trinajstić information content (AvgIpc) is 2.77. The minimum atomic E-state index is 0.500. The lowest BCUT2D eigenvalue weighted by molar-refractivity contribution is 0.901. The van der Waals surface area contributed by atoms with E-state index in [1.165, 1.54) is 10.8 Å². The summed E-state index contributed by atoms with van der Waals surface area (Å²) < 4.78 is 2.57. The van der Waals surface area contributed by atoms with Gasteiger partial charge in [0.15, 0.2) is 0 Å². The van der Waals surface area contributed by atoms with Crippen molar-refractivity contribution in [1.29, 1.82) is 0 Å². The first-order valence-corrected chi connectivity index (χ1v) is 5.41. The van der Waals surface area contributed by atoms with Gasteiger partial charge in [-0.3, -0.25) is 0 Å². The Morgan fingerprint density at radius 1 is 1.12 bits per heavy atom. The Kier molecular flexibility index (Phi) is 2.14. The van der Waals surface area contributed by atoms with Gasteiger partial charge < -0.3 is 0 Å². The van der Waals surface area contributed by atoms with Crippen molar-refractivity contribution in [3.63, 3.8) is 0 Å². The monoisotopic (exact) mass is 275 g/mol. The van der Waals surface area contributed by atoms with Crippen molar-refractivity contribution in [3.05, 3.63) is 41.3 Å². The van der Waals surface area contributed by atoms with Crippen molar-refractivity contribution in [2.45, 2.75) is 0 Å².